The summed E-state index contributed by atoms with van der Waals surface area (Å²) < 4.78 is 2.46. The molecule has 0 aliphatic rings. The summed E-state index contributed by atoms with van der Waals surface area (Å²) in [5.41, 5.74) is 9.77. The number of hydrogen-bond donors (Lipinski definition) is 0. The molecule has 0 saturated carbocycles. The first kappa shape index (κ1) is 15.8. The maximum Gasteiger partial charge on any atom is 0.116 e. The summed E-state index contributed by atoms with van der Waals surface area (Å²) in [6.07, 6.45) is 1.72. The number of rotatable bonds is 1. The van der Waals surface area contributed by atoms with E-state index in [9.17, 15) is 0 Å². The molecule has 3 aromatic heterocycles. The third kappa shape index (κ3) is 1.79. The zero-order valence-electron chi connectivity index (χ0n) is 16.5. The van der Waals surface area contributed by atoms with Crippen LogP contribution in [0.1, 0.15) is 36.5 Å². The van der Waals surface area contributed by atoms with Crippen molar-refractivity contribution in [1.29, 1.82) is 0 Å². The minimum Gasteiger partial charge on any atom is -0.308 e. The second kappa shape index (κ2) is 5.20. The number of hydrogen-bond acceptors (Lipinski definition) is 2. The van der Waals surface area contributed by atoms with E-state index in [4.69, 9.17) is 4.98 Å². The summed E-state index contributed by atoms with van der Waals surface area (Å²) in [6.45, 7) is 8.90. The Morgan fingerprint density at radius 3 is 2.50 bits per heavy atom. The Labute approximate surface area is 163 Å². The van der Waals surface area contributed by atoms with E-state index in [2.05, 4.69) is 79.5 Å². The van der Waals surface area contributed by atoms with Crippen LogP contribution in [-0.4, -0.2) is 14.4 Å². The van der Waals surface area contributed by atoms with Crippen LogP contribution in [0.4, 0.5) is 0 Å². The summed E-state index contributed by atoms with van der Waals surface area (Å²) in [7, 11) is 0. The number of benzene rings is 3. The predicted molar refractivity (Wildman–Crippen MR) is 118 cm³/mol. The van der Waals surface area contributed by atoms with Gasteiger partial charge < -0.3 is 4.40 Å². The fourth-order valence-electron chi connectivity index (χ4n) is 5.06. The lowest BCUT2D eigenvalue weighted by Gasteiger charge is -2.16. The Hall–Kier alpha value is -3.20. The van der Waals surface area contributed by atoms with Crippen LogP contribution in [0.5, 0.6) is 0 Å². The Balaban J connectivity index is 2.12. The third-order valence-corrected chi connectivity index (χ3v) is 6.11. The largest absolute Gasteiger partial charge is 0.308 e. The van der Waals surface area contributed by atoms with Gasteiger partial charge in [0.15, 0.2) is 0 Å². The molecule has 0 N–H and O–H groups in total. The zero-order chi connectivity index (χ0) is 19.2. The van der Waals surface area contributed by atoms with Gasteiger partial charge in [-0.25, -0.2) is 9.97 Å². The molecule has 0 bridgehead atoms. The smallest absolute Gasteiger partial charge is 0.116 e. The van der Waals surface area contributed by atoms with Crippen molar-refractivity contribution in [1.82, 2.24) is 14.4 Å². The number of fused-ring (bicyclic) bond motifs is 6. The molecule has 0 unspecified atom stereocenters. The molecule has 3 aromatic carbocycles. The van der Waals surface area contributed by atoms with Gasteiger partial charge in [0.2, 0.25) is 0 Å². The first-order chi connectivity index (χ1) is 13.6. The summed E-state index contributed by atoms with van der Waals surface area (Å²) >= 11 is 0. The number of para-hydroxylation sites is 1. The van der Waals surface area contributed by atoms with Crippen LogP contribution in [0.3, 0.4) is 0 Å². The lowest BCUT2D eigenvalue weighted by Crippen LogP contribution is -1.99. The molecular formula is C25H21N3. The van der Waals surface area contributed by atoms with Crippen molar-refractivity contribution in [2.75, 3.05) is 0 Å². The Morgan fingerprint density at radius 1 is 0.857 bits per heavy atom. The van der Waals surface area contributed by atoms with Gasteiger partial charge in [-0.1, -0.05) is 43.7 Å². The second-order valence-electron chi connectivity index (χ2n) is 8.29. The SMILES string of the molecule is Cc1cc(C)c2c(c1)c1ncnc3cc(C(C)C)c4c5ccccc5n2c4c31. The van der Waals surface area contributed by atoms with Crippen molar-refractivity contribution >= 4 is 49.1 Å². The molecule has 6 aromatic rings. The average Bonchev–Trinajstić information content (AvgIpc) is 3.02. The Bertz CT molecular complexity index is 1550. The van der Waals surface area contributed by atoms with E-state index in [0.717, 1.165) is 11.0 Å². The molecule has 0 saturated heterocycles. The lowest BCUT2D eigenvalue weighted by molar-refractivity contribution is 0.878. The van der Waals surface area contributed by atoms with Gasteiger partial charge in [0, 0.05) is 16.2 Å². The molecule has 0 radical (unpaired) electrons. The van der Waals surface area contributed by atoms with Gasteiger partial charge in [-0.15, -0.1) is 0 Å². The topological polar surface area (TPSA) is 30.2 Å². The van der Waals surface area contributed by atoms with Crippen molar-refractivity contribution in [3.8, 4) is 0 Å². The quantitative estimate of drug-likeness (QED) is 0.246. The molecular weight excluding hydrogens is 342 g/mol. The van der Waals surface area contributed by atoms with Crippen LogP contribution in [0.2, 0.25) is 0 Å². The molecule has 136 valence electrons. The van der Waals surface area contributed by atoms with E-state index in [1.807, 2.05) is 0 Å². The van der Waals surface area contributed by atoms with Crippen LogP contribution >= 0.6 is 0 Å². The number of pyridine rings is 1. The highest BCUT2D eigenvalue weighted by Gasteiger charge is 2.23. The number of nitrogens with zero attached hydrogens (tertiary/aromatic N) is 3. The molecule has 0 aliphatic heterocycles. The Morgan fingerprint density at radius 2 is 1.68 bits per heavy atom. The van der Waals surface area contributed by atoms with E-state index in [0.29, 0.717) is 5.92 Å². The van der Waals surface area contributed by atoms with Gasteiger partial charge in [0.05, 0.1) is 33.0 Å². The fraction of sp³-hybridized carbons (Fsp3) is 0.200. The second-order valence-corrected chi connectivity index (χ2v) is 8.29. The molecule has 28 heavy (non-hydrogen) atoms. The molecule has 0 fully saturated rings. The maximum absolute atomic E-state index is 4.76. The molecule has 0 amide bonds. The molecule has 0 atom stereocenters. The minimum atomic E-state index is 0.419. The van der Waals surface area contributed by atoms with E-state index in [-0.39, 0.29) is 0 Å². The number of aromatic nitrogens is 3. The summed E-state index contributed by atoms with van der Waals surface area (Å²) in [6, 6.07) is 15.6. The van der Waals surface area contributed by atoms with Crippen LogP contribution in [0, 0.1) is 13.8 Å². The summed E-state index contributed by atoms with van der Waals surface area (Å²) in [4.78, 5) is 9.44. The van der Waals surface area contributed by atoms with Crippen molar-refractivity contribution < 1.29 is 0 Å². The fourth-order valence-corrected chi connectivity index (χ4v) is 5.06. The van der Waals surface area contributed by atoms with Crippen LogP contribution < -0.4 is 0 Å². The minimum absolute atomic E-state index is 0.419. The van der Waals surface area contributed by atoms with Crippen molar-refractivity contribution in [3.05, 3.63) is 65.5 Å². The lowest BCUT2D eigenvalue weighted by atomic mass is 9.93. The first-order valence-corrected chi connectivity index (χ1v) is 9.89. The van der Waals surface area contributed by atoms with E-state index in [1.165, 1.54) is 54.8 Å². The van der Waals surface area contributed by atoms with Crippen molar-refractivity contribution in [3.63, 3.8) is 0 Å². The first-order valence-electron chi connectivity index (χ1n) is 9.89. The van der Waals surface area contributed by atoms with Gasteiger partial charge in [-0.2, -0.15) is 0 Å². The molecule has 0 spiro atoms. The molecule has 0 aliphatic carbocycles. The number of aryl methyl sites for hydroxylation is 2. The summed E-state index contributed by atoms with van der Waals surface area (Å²) in [5, 5.41) is 5.04. The van der Waals surface area contributed by atoms with Gasteiger partial charge in [-0.05, 0) is 49.1 Å². The van der Waals surface area contributed by atoms with Gasteiger partial charge in [-0.3, -0.25) is 0 Å². The predicted octanol–water partition coefficient (Wildman–Crippen LogP) is 6.52. The van der Waals surface area contributed by atoms with Crippen LogP contribution in [0.25, 0.3) is 49.1 Å². The zero-order valence-corrected chi connectivity index (χ0v) is 16.5. The summed E-state index contributed by atoms with van der Waals surface area (Å²) in [5.74, 6) is 0.419. The van der Waals surface area contributed by atoms with Crippen LogP contribution in [0.15, 0.2) is 48.8 Å². The monoisotopic (exact) mass is 363 g/mol. The van der Waals surface area contributed by atoms with Crippen LogP contribution in [-0.2, 0) is 0 Å². The normalized spacial score (nSPS) is 12.6. The van der Waals surface area contributed by atoms with E-state index < -0.39 is 0 Å². The van der Waals surface area contributed by atoms with Gasteiger partial charge in [0.25, 0.3) is 0 Å². The molecule has 3 heteroatoms. The molecule has 3 nitrogen and oxygen atoms in total. The highest BCUT2D eigenvalue weighted by Crippen LogP contribution is 2.43. The maximum atomic E-state index is 4.76. The molecule has 6 rings (SSSR count). The Kier molecular flexibility index (Phi) is 2.94. The molecule has 3 heterocycles. The van der Waals surface area contributed by atoms with Crippen molar-refractivity contribution in [2.45, 2.75) is 33.6 Å². The van der Waals surface area contributed by atoms with E-state index in [1.54, 1.807) is 6.33 Å². The highest BCUT2D eigenvalue weighted by molar-refractivity contribution is 6.28. The van der Waals surface area contributed by atoms with Gasteiger partial charge in [0.1, 0.15) is 6.33 Å². The van der Waals surface area contributed by atoms with Gasteiger partial charge >= 0.3 is 0 Å². The average molecular weight is 363 g/mol. The highest BCUT2D eigenvalue weighted by atomic mass is 14.9. The van der Waals surface area contributed by atoms with E-state index >= 15 is 0 Å². The standard InChI is InChI=1S/C25H21N3/c1-13(2)17-11-19-22-23(27-12-26-19)18-10-14(3)9-15(4)24(18)28-20-8-6-5-7-16(20)21(17)25(22)28/h5-13H,1-4H3. The van der Waals surface area contributed by atoms with Crippen molar-refractivity contribution in [2.24, 2.45) is 0 Å². The third-order valence-electron chi connectivity index (χ3n) is 6.11.